The third-order valence-corrected chi connectivity index (χ3v) is 6.40. The summed E-state index contributed by atoms with van der Waals surface area (Å²) in [6, 6.07) is 11.5. The lowest BCUT2D eigenvalue weighted by Gasteiger charge is -2.13. The van der Waals surface area contributed by atoms with E-state index in [0.717, 1.165) is 27.3 Å². The van der Waals surface area contributed by atoms with Gasteiger partial charge in [-0.15, -0.1) is 11.3 Å². The lowest BCUT2D eigenvalue weighted by Crippen LogP contribution is -2.27. The molecule has 0 fully saturated rings. The Morgan fingerprint density at radius 1 is 1.16 bits per heavy atom. The summed E-state index contributed by atoms with van der Waals surface area (Å²) < 4.78 is 7.14. The van der Waals surface area contributed by atoms with E-state index in [1.807, 2.05) is 51.1 Å². The zero-order valence-corrected chi connectivity index (χ0v) is 18.7. The number of aromatic nitrogens is 3. The molecule has 0 spiro atoms. The molecule has 0 bridgehead atoms. The summed E-state index contributed by atoms with van der Waals surface area (Å²) in [5.41, 5.74) is 2.40. The van der Waals surface area contributed by atoms with Crippen LogP contribution in [0.25, 0.3) is 10.2 Å². The first-order valence-corrected chi connectivity index (χ1v) is 11.2. The molecule has 3 heterocycles. The molecule has 0 aliphatic rings. The summed E-state index contributed by atoms with van der Waals surface area (Å²) in [7, 11) is 0. The van der Waals surface area contributed by atoms with Gasteiger partial charge in [-0.05, 0) is 31.4 Å². The smallest absolute Gasteiger partial charge is 0.262 e. The Morgan fingerprint density at radius 2 is 1.94 bits per heavy atom. The second-order valence-electron chi connectivity index (χ2n) is 7.58. The maximum absolute atomic E-state index is 13.5. The van der Waals surface area contributed by atoms with Crippen molar-refractivity contribution in [1.82, 2.24) is 14.5 Å². The molecule has 0 aliphatic heterocycles. The van der Waals surface area contributed by atoms with Crippen molar-refractivity contribution in [1.29, 1.82) is 0 Å². The number of nitrogens with one attached hydrogen (secondary N) is 1. The summed E-state index contributed by atoms with van der Waals surface area (Å²) >= 11 is 1.55. The van der Waals surface area contributed by atoms with Gasteiger partial charge in [0.1, 0.15) is 10.7 Å². The highest BCUT2D eigenvalue weighted by atomic mass is 32.1. The molecule has 0 amide bonds. The van der Waals surface area contributed by atoms with Crippen LogP contribution in [0.2, 0.25) is 0 Å². The molecule has 1 aromatic carbocycles. The van der Waals surface area contributed by atoms with Crippen LogP contribution < -0.4 is 15.7 Å². The third-order valence-electron chi connectivity index (χ3n) is 5.30. The highest BCUT2D eigenvalue weighted by molar-refractivity contribution is 7.18. The van der Waals surface area contributed by atoms with Gasteiger partial charge >= 0.3 is 0 Å². The van der Waals surface area contributed by atoms with E-state index in [-0.39, 0.29) is 17.5 Å². The summed E-state index contributed by atoms with van der Waals surface area (Å²) in [6.45, 7) is 6.68. The van der Waals surface area contributed by atoms with E-state index in [0.29, 0.717) is 35.7 Å². The van der Waals surface area contributed by atoms with Crippen molar-refractivity contribution >= 4 is 21.6 Å². The molecular weight excluding hydrogens is 410 g/mol. The molecule has 3 aromatic heterocycles. The second kappa shape index (κ2) is 8.89. The average molecular weight is 436 g/mol. The fraction of sp³-hybridized carbons (Fsp3) is 0.292. The fourth-order valence-corrected chi connectivity index (χ4v) is 4.57. The van der Waals surface area contributed by atoms with Gasteiger partial charge in [-0.25, -0.2) is 4.98 Å². The fourth-order valence-electron chi connectivity index (χ4n) is 3.53. The molecule has 0 unspecified atom stereocenters. The van der Waals surface area contributed by atoms with Crippen molar-refractivity contribution in [3.8, 4) is 5.75 Å². The van der Waals surface area contributed by atoms with Crippen LogP contribution in [0.5, 0.6) is 5.75 Å². The summed E-state index contributed by atoms with van der Waals surface area (Å²) in [4.78, 5) is 35.7. The maximum atomic E-state index is 13.5. The van der Waals surface area contributed by atoms with Crippen LogP contribution in [0.4, 0.5) is 0 Å². The zero-order chi connectivity index (χ0) is 22.0. The van der Waals surface area contributed by atoms with Gasteiger partial charge in [0.25, 0.3) is 5.56 Å². The topological polar surface area (TPSA) is 77.0 Å². The first kappa shape index (κ1) is 21.1. The second-order valence-corrected chi connectivity index (χ2v) is 8.78. The lowest BCUT2D eigenvalue weighted by atomic mass is 10.1. The van der Waals surface area contributed by atoms with Crippen LogP contribution in [0.1, 0.15) is 40.9 Å². The van der Waals surface area contributed by atoms with E-state index in [1.54, 1.807) is 22.1 Å². The minimum Gasteiger partial charge on any atom is -0.488 e. The van der Waals surface area contributed by atoms with Gasteiger partial charge in [0, 0.05) is 29.3 Å². The molecule has 0 saturated carbocycles. The SMILES string of the molecule is CCCOc1c[nH]c(Cn2c(Cc3ccccc3)nc3sc(C)c(C)c3c2=O)cc1=O. The first-order valence-electron chi connectivity index (χ1n) is 10.4. The van der Waals surface area contributed by atoms with Crippen molar-refractivity contribution in [2.75, 3.05) is 6.61 Å². The van der Waals surface area contributed by atoms with Gasteiger partial charge in [-0.3, -0.25) is 14.2 Å². The Bertz CT molecular complexity index is 1340. The Hall–Kier alpha value is -3.19. The number of H-pyrrole nitrogens is 1. The summed E-state index contributed by atoms with van der Waals surface area (Å²) in [5, 5.41) is 0.657. The van der Waals surface area contributed by atoms with Crippen LogP contribution in [0.3, 0.4) is 0 Å². The minimum atomic E-state index is -0.198. The number of aromatic amines is 1. The molecule has 7 heteroatoms. The van der Waals surface area contributed by atoms with Crippen LogP contribution in [-0.4, -0.2) is 21.1 Å². The highest BCUT2D eigenvalue weighted by Crippen LogP contribution is 2.27. The predicted octanol–water partition coefficient (Wildman–Crippen LogP) is 4.19. The minimum absolute atomic E-state index is 0.0788. The van der Waals surface area contributed by atoms with E-state index in [1.165, 1.54) is 6.07 Å². The Balaban J connectivity index is 1.79. The lowest BCUT2D eigenvalue weighted by molar-refractivity contribution is 0.313. The summed E-state index contributed by atoms with van der Waals surface area (Å²) in [5.74, 6) is 0.970. The Labute approximate surface area is 184 Å². The number of benzene rings is 1. The van der Waals surface area contributed by atoms with E-state index < -0.39 is 0 Å². The number of aryl methyl sites for hydroxylation is 2. The number of pyridine rings is 1. The zero-order valence-electron chi connectivity index (χ0n) is 17.9. The predicted molar refractivity (Wildman–Crippen MR) is 125 cm³/mol. The number of rotatable bonds is 7. The maximum Gasteiger partial charge on any atom is 0.262 e. The van der Waals surface area contributed by atoms with Crippen LogP contribution in [0, 0.1) is 13.8 Å². The highest BCUT2D eigenvalue weighted by Gasteiger charge is 2.17. The number of fused-ring (bicyclic) bond motifs is 1. The van der Waals surface area contributed by atoms with Crippen molar-refractivity contribution in [2.24, 2.45) is 0 Å². The van der Waals surface area contributed by atoms with E-state index in [4.69, 9.17) is 9.72 Å². The van der Waals surface area contributed by atoms with Crippen molar-refractivity contribution in [3.05, 3.63) is 90.7 Å². The number of nitrogens with zero attached hydrogens (tertiary/aromatic N) is 2. The standard InChI is InChI=1S/C24H25N3O3S/c1-4-10-30-20-13-25-18(12-19(20)28)14-27-21(11-17-8-6-5-7-9-17)26-23-22(24(27)29)15(2)16(3)31-23/h5-9,12-13H,4,10-11,14H2,1-3H3,(H,25,28). The van der Waals surface area contributed by atoms with E-state index >= 15 is 0 Å². The van der Waals surface area contributed by atoms with Crippen LogP contribution in [-0.2, 0) is 13.0 Å². The number of hydrogen-bond donors (Lipinski definition) is 1. The van der Waals surface area contributed by atoms with E-state index in [2.05, 4.69) is 4.98 Å². The summed E-state index contributed by atoms with van der Waals surface area (Å²) in [6.07, 6.45) is 2.93. The van der Waals surface area contributed by atoms with Crippen LogP contribution >= 0.6 is 11.3 Å². The first-order chi connectivity index (χ1) is 15.0. The molecule has 4 rings (SSSR count). The molecule has 0 radical (unpaired) electrons. The quantitative estimate of drug-likeness (QED) is 0.472. The van der Waals surface area contributed by atoms with Gasteiger partial charge in [-0.1, -0.05) is 37.3 Å². The molecule has 1 N–H and O–H groups in total. The molecule has 0 aliphatic carbocycles. The molecule has 0 atom stereocenters. The van der Waals surface area contributed by atoms with Crippen molar-refractivity contribution in [2.45, 2.75) is 40.2 Å². The molecular formula is C24H25N3O3S. The Kier molecular flexibility index (Phi) is 6.04. The average Bonchev–Trinajstić information content (AvgIpc) is 3.04. The van der Waals surface area contributed by atoms with Gasteiger partial charge in [0.15, 0.2) is 5.75 Å². The van der Waals surface area contributed by atoms with Gasteiger partial charge in [0.05, 0.1) is 18.5 Å². The molecule has 160 valence electrons. The normalized spacial score (nSPS) is 11.2. The number of hydrogen-bond acceptors (Lipinski definition) is 5. The van der Waals surface area contributed by atoms with Crippen LogP contribution in [0.15, 0.2) is 52.2 Å². The molecule has 4 aromatic rings. The monoisotopic (exact) mass is 435 g/mol. The largest absolute Gasteiger partial charge is 0.488 e. The molecule has 31 heavy (non-hydrogen) atoms. The Morgan fingerprint density at radius 3 is 2.65 bits per heavy atom. The molecule has 6 nitrogen and oxygen atoms in total. The van der Waals surface area contributed by atoms with Crippen molar-refractivity contribution in [3.63, 3.8) is 0 Å². The number of ether oxygens (including phenoxy) is 1. The van der Waals surface area contributed by atoms with Gasteiger partial charge < -0.3 is 9.72 Å². The number of thiophene rings is 1. The van der Waals surface area contributed by atoms with E-state index in [9.17, 15) is 9.59 Å². The third kappa shape index (κ3) is 4.32. The van der Waals surface area contributed by atoms with Crippen molar-refractivity contribution < 1.29 is 4.74 Å². The molecule has 0 saturated heterocycles. The van der Waals surface area contributed by atoms with Gasteiger partial charge in [-0.2, -0.15) is 0 Å². The van der Waals surface area contributed by atoms with Gasteiger partial charge in [0.2, 0.25) is 5.43 Å².